The summed E-state index contributed by atoms with van der Waals surface area (Å²) in [4.78, 5) is 0. The van der Waals surface area contributed by atoms with Crippen molar-refractivity contribution in [1.29, 1.82) is 0 Å². The largest absolute Gasteiger partial charge is 0.497 e. The second-order valence-corrected chi connectivity index (χ2v) is 6.69. The molecule has 0 spiro atoms. The van der Waals surface area contributed by atoms with Crippen molar-refractivity contribution < 1.29 is 4.74 Å². The first-order valence-electron chi connectivity index (χ1n) is 6.40. The van der Waals surface area contributed by atoms with Gasteiger partial charge in [-0.25, -0.2) is 0 Å². The maximum absolute atomic E-state index is 5.29. The number of rotatable bonds is 6. The minimum Gasteiger partial charge on any atom is -0.497 e. The van der Waals surface area contributed by atoms with Crippen molar-refractivity contribution in [2.24, 2.45) is 5.41 Å². The van der Waals surface area contributed by atoms with E-state index in [-0.39, 0.29) is 5.41 Å². The van der Waals surface area contributed by atoms with Gasteiger partial charge in [0.05, 0.1) is 7.11 Å². The van der Waals surface area contributed by atoms with Gasteiger partial charge >= 0.3 is 0 Å². The zero-order valence-electron chi connectivity index (χ0n) is 12.0. The smallest absolute Gasteiger partial charge is 0.119 e. The molecule has 0 aliphatic carbocycles. The van der Waals surface area contributed by atoms with E-state index in [1.165, 1.54) is 5.56 Å². The molecule has 0 atom stereocenters. The molecular weight excluding hydrogens is 290 g/mol. The molecule has 0 saturated carbocycles. The van der Waals surface area contributed by atoms with Gasteiger partial charge < -0.3 is 10.1 Å². The molecule has 18 heavy (non-hydrogen) atoms. The van der Waals surface area contributed by atoms with Crippen molar-refractivity contribution in [2.45, 2.75) is 40.2 Å². The Hall–Kier alpha value is -0.540. The second kappa shape index (κ2) is 6.58. The van der Waals surface area contributed by atoms with Crippen LogP contribution >= 0.6 is 15.9 Å². The van der Waals surface area contributed by atoms with E-state index in [4.69, 9.17) is 4.74 Å². The Bertz CT molecular complexity index is 388. The Morgan fingerprint density at radius 3 is 2.56 bits per heavy atom. The van der Waals surface area contributed by atoms with Crippen LogP contribution < -0.4 is 10.1 Å². The van der Waals surface area contributed by atoms with Crippen molar-refractivity contribution in [3.05, 3.63) is 28.2 Å². The average Bonchev–Trinajstić information content (AvgIpc) is 2.29. The number of ether oxygens (including phenoxy) is 1. The molecule has 0 aromatic heterocycles. The third kappa shape index (κ3) is 4.99. The lowest BCUT2D eigenvalue weighted by Crippen LogP contribution is -2.35. The van der Waals surface area contributed by atoms with Gasteiger partial charge in [-0.05, 0) is 35.6 Å². The molecule has 0 unspecified atom stereocenters. The van der Waals surface area contributed by atoms with Crippen LogP contribution in [0.15, 0.2) is 22.7 Å². The summed E-state index contributed by atoms with van der Waals surface area (Å²) < 4.78 is 6.44. The minimum absolute atomic E-state index is 0.221. The summed E-state index contributed by atoms with van der Waals surface area (Å²) in [5.74, 6) is 0.917. The molecule has 2 nitrogen and oxygen atoms in total. The fourth-order valence-electron chi connectivity index (χ4n) is 1.87. The topological polar surface area (TPSA) is 21.3 Å². The molecule has 0 bridgehead atoms. The van der Waals surface area contributed by atoms with E-state index in [1.54, 1.807) is 7.11 Å². The van der Waals surface area contributed by atoms with Gasteiger partial charge in [-0.2, -0.15) is 0 Å². The number of hydrogen-bond donors (Lipinski definition) is 1. The summed E-state index contributed by atoms with van der Waals surface area (Å²) in [6.45, 7) is 9.94. The summed E-state index contributed by atoms with van der Waals surface area (Å²) in [6, 6.07) is 6.67. The van der Waals surface area contributed by atoms with E-state index >= 15 is 0 Å². The van der Waals surface area contributed by atoms with E-state index in [0.717, 1.165) is 23.2 Å². The zero-order chi connectivity index (χ0) is 13.8. The number of hydrogen-bond acceptors (Lipinski definition) is 2. The van der Waals surface area contributed by atoms with Crippen molar-refractivity contribution in [3.63, 3.8) is 0 Å². The Balaban J connectivity index is 2.76. The van der Waals surface area contributed by atoms with Crippen LogP contribution in [0.2, 0.25) is 0 Å². The molecule has 1 aromatic carbocycles. The third-order valence-electron chi connectivity index (χ3n) is 2.91. The summed E-state index contributed by atoms with van der Waals surface area (Å²) >= 11 is 3.62. The lowest BCUT2D eigenvalue weighted by molar-refractivity contribution is 0.324. The normalized spacial score (nSPS) is 11.9. The highest BCUT2D eigenvalue weighted by Crippen LogP contribution is 2.29. The number of benzene rings is 1. The molecule has 0 aliphatic heterocycles. The van der Waals surface area contributed by atoms with Gasteiger partial charge in [0.1, 0.15) is 5.75 Å². The first kappa shape index (κ1) is 15.5. The maximum Gasteiger partial charge on any atom is 0.119 e. The van der Waals surface area contributed by atoms with Gasteiger partial charge in [0, 0.05) is 17.1 Å². The predicted molar refractivity (Wildman–Crippen MR) is 81.3 cm³/mol. The molecule has 102 valence electrons. The lowest BCUT2D eigenvalue weighted by atomic mass is 9.85. The lowest BCUT2D eigenvalue weighted by Gasteiger charge is -2.27. The molecule has 0 saturated heterocycles. The molecule has 0 heterocycles. The average molecular weight is 314 g/mol. The zero-order valence-corrected chi connectivity index (χ0v) is 13.6. The van der Waals surface area contributed by atoms with Crippen molar-refractivity contribution in [3.8, 4) is 5.75 Å². The third-order valence-corrected chi connectivity index (χ3v) is 3.68. The highest BCUT2D eigenvalue weighted by Gasteiger charge is 2.20. The van der Waals surface area contributed by atoms with E-state index in [0.29, 0.717) is 6.04 Å². The van der Waals surface area contributed by atoms with Crippen molar-refractivity contribution in [2.75, 3.05) is 13.7 Å². The van der Waals surface area contributed by atoms with Crippen LogP contribution in [0.5, 0.6) is 5.75 Å². The van der Waals surface area contributed by atoms with Gasteiger partial charge in [-0.1, -0.05) is 43.6 Å². The standard InChI is InChI=1S/C15H24BrNO/c1-11(2)17-10-15(3,4)9-12-8-13(18-5)6-7-14(12)16/h6-8,11,17H,9-10H2,1-5H3. The van der Waals surface area contributed by atoms with Crippen molar-refractivity contribution >= 4 is 15.9 Å². The quantitative estimate of drug-likeness (QED) is 0.856. The molecule has 0 radical (unpaired) electrons. The molecule has 0 fully saturated rings. The minimum atomic E-state index is 0.221. The predicted octanol–water partition coefficient (Wildman–Crippen LogP) is 4.02. The van der Waals surface area contributed by atoms with Crippen LogP contribution in [0.4, 0.5) is 0 Å². The maximum atomic E-state index is 5.29. The molecule has 1 rings (SSSR count). The number of nitrogens with one attached hydrogen (secondary N) is 1. The monoisotopic (exact) mass is 313 g/mol. The van der Waals surface area contributed by atoms with Gasteiger partial charge in [0.2, 0.25) is 0 Å². The summed E-state index contributed by atoms with van der Waals surface area (Å²) in [5, 5.41) is 3.51. The van der Waals surface area contributed by atoms with E-state index < -0.39 is 0 Å². The summed E-state index contributed by atoms with van der Waals surface area (Å²) in [7, 11) is 1.71. The molecule has 3 heteroatoms. The molecule has 1 N–H and O–H groups in total. The molecule has 1 aromatic rings. The Labute approximate surface area is 119 Å². The first-order chi connectivity index (χ1) is 8.34. The van der Waals surface area contributed by atoms with Crippen LogP contribution in [0.1, 0.15) is 33.3 Å². The number of halogens is 1. The molecular formula is C15H24BrNO. The van der Waals surface area contributed by atoms with E-state index in [2.05, 4.69) is 61.1 Å². The SMILES string of the molecule is COc1ccc(Br)c(CC(C)(C)CNC(C)C)c1. The van der Waals surface area contributed by atoms with Crippen LogP contribution in [0, 0.1) is 5.41 Å². The van der Waals surface area contributed by atoms with Crippen LogP contribution in [-0.4, -0.2) is 19.7 Å². The summed E-state index contributed by atoms with van der Waals surface area (Å²) in [6.07, 6.45) is 1.02. The van der Waals surface area contributed by atoms with Gasteiger partial charge in [0.25, 0.3) is 0 Å². The van der Waals surface area contributed by atoms with Crippen LogP contribution in [0.25, 0.3) is 0 Å². The van der Waals surface area contributed by atoms with E-state index in [9.17, 15) is 0 Å². The van der Waals surface area contributed by atoms with Crippen molar-refractivity contribution in [1.82, 2.24) is 5.32 Å². The molecule has 0 aliphatic rings. The Kier molecular flexibility index (Phi) is 5.67. The molecule has 0 amide bonds. The highest BCUT2D eigenvalue weighted by atomic mass is 79.9. The fraction of sp³-hybridized carbons (Fsp3) is 0.600. The van der Waals surface area contributed by atoms with Gasteiger partial charge in [-0.3, -0.25) is 0 Å². The highest BCUT2D eigenvalue weighted by molar-refractivity contribution is 9.10. The van der Waals surface area contributed by atoms with Crippen LogP contribution in [-0.2, 0) is 6.42 Å². The van der Waals surface area contributed by atoms with E-state index in [1.807, 2.05) is 6.07 Å². The second-order valence-electron chi connectivity index (χ2n) is 5.83. The van der Waals surface area contributed by atoms with Gasteiger partial charge in [0.15, 0.2) is 0 Å². The summed E-state index contributed by atoms with van der Waals surface area (Å²) in [5.41, 5.74) is 1.52. The Morgan fingerprint density at radius 2 is 2.00 bits per heavy atom. The van der Waals surface area contributed by atoms with Gasteiger partial charge in [-0.15, -0.1) is 0 Å². The Morgan fingerprint density at radius 1 is 1.33 bits per heavy atom. The van der Waals surface area contributed by atoms with Crippen LogP contribution in [0.3, 0.4) is 0 Å². The number of methoxy groups -OCH3 is 1. The first-order valence-corrected chi connectivity index (χ1v) is 7.19. The fourth-order valence-corrected chi connectivity index (χ4v) is 2.26.